The van der Waals surface area contributed by atoms with Crippen LogP contribution >= 0.6 is 0 Å². The highest BCUT2D eigenvalue weighted by Crippen LogP contribution is 2.30. The second kappa shape index (κ2) is 6.18. The van der Waals surface area contributed by atoms with E-state index in [-0.39, 0.29) is 12.6 Å². The standard InChI is InChI=1S/C15H23NO/c1-12(10-13-6-5-7-13)16-15(11-17)14-8-3-2-4-9-14/h2-4,8-9,12-13,15-17H,5-7,10-11H2,1H3/t12?,15-/m1/s1. The van der Waals surface area contributed by atoms with Crippen molar-refractivity contribution in [3.05, 3.63) is 35.9 Å². The Balaban J connectivity index is 1.86. The monoisotopic (exact) mass is 233 g/mol. The maximum Gasteiger partial charge on any atom is 0.0626 e. The summed E-state index contributed by atoms with van der Waals surface area (Å²) < 4.78 is 0. The molecule has 0 saturated heterocycles. The van der Waals surface area contributed by atoms with Crippen LogP contribution in [0.2, 0.25) is 0 Å². The largest absolute Gasteiger partial charge is 0.394 e. The van der Waals surface area contributed by atoms with Gasteiger partial charge < -0.3 is 10.4 Å². The SMILES string of the molecule is CC(CC1CCC1)N[C@H](CO)c1ccccc1. The first-order valence-corrected chi connectivity index (χ1v) is 6.71. The van der Waals surface area contributed by atoms with Crippen LogP contribution in [0.1, 0.15) is 44.2 Å². The van der Waals surface area contributed by atoms with Crippen molar-refractivity contribution in [1.29, 1.82) is 0 Å². The molecule has 1 fully saturated rings. The van der Waals surface area contributed by atoms with Gasteiger partial charge in [0.25, 0.3) is 0 Å². The molecular formula is C15H23NO. The summed E-state index contributed by atoms with van der Waals surface area (Å²) in [5.74, 6) is 0.910. The fraction of sp³-hybridized carbons (Fsp3) is 0.600. The fourth-order valence-electron chi connectivity index (χ4n) is 2.58. The normalized spacial score (nSPS) is 19.6. The topological polar surface area (TPSA) is 32.3 Å². The van der Waals surface area contributed by atoms with E-state index in [4.69, 9.17) is 0 Å². The molecule has 2 N–H and O–H groups in total. The first kappa shape index (κ1) is 12.6. The molecule has 1 aliphatic carbocycles. The Labute approximate surface area is 104 Å². The Morgan fingerprint density at radius 3 is 2.53 bits per heavy atom. The van der Waals surface area contributed by atoms with Gasteiger partial charge in [-0.1, -0.05) is 49.6 Å². The number of rotatable bonds is 6. The van der Waals surface area contributed by atoms with E-state index >= 15 is 0 Å². The van der Waals surface area contributed by atoms with Crippen molar-refractivity contribution < 1.29 is 5.11 Å². The summed E-state index contributed by atoms with van der Waals surface area (Å²) in [6.45, 7) is 2.39. The summed E-state index contributed by atoms with van der Waals surface area (Å²) in [6.07, 6.45) is 5.42. The third-order valence-electron chi connectivity index (χ3n) is 3.78. The molecule has 94 valence electrons. The highest BCUT2D eigenvalue weighted by molar-refractivity contribution is 5.19. The van der Waals surface area contributed by atoms with Crippen LogP contribution in [0.5, 0.6) is 0 Å². The van der Waals surface area contributed by atoms with Crippen molar-refractivity contribution in [2.45, 2.75) is 44.7 Å². The molecule has 1 unspecified atom stereocenters. The third-order valence-corrected chi connectivity index (χ3v) is 3.78. The van der Waals surface area contributed by atoms with E-state index < -0.39 is 0 Å². The van der Waals surface area contributed by atoms with E-state index in [1.807, 2.05) is 18.2 Å². The second-order valence-corrected chi connectivity index (χ2v) is 5.25. The van der Waals surface area contributed by atoms with Crippen molar-refractivity contribution in [3.8, 4) is 0 Å². The Kier molecular flexibility index (Phi) is 4.57. The van der Waals surface area contributed by atoms with Gasteiger partial charge in [-0.05, 0) is 24.8 Å². The molecule has 1 aliphatic rings. The van der Waals surface area contributed by atoms with E-state index in [0.29, 0.717) is 6.04 Å². The van der Waals surface area contributed by atoms with Crippen LogP contribution in [0, 0.1) is 5.92 Å². The zero-order chi connectivity index (χ0) is 12.1. The van der Waals surface area contributed by atoms with Gasteiger partial charge in [-0.25, -0.2) is 0 Å². The first-order chi connectivity index (χ1) is 8.29. The molecule has 0 aliphatic heterocycles. The van der Waals surface area contributed by atoms with Crippen LogP contribution in [0.25, 0.3) is 0 Å². The van der Waals surface area contributed by atoms with Gasteiger partial charge in [0.2, 0.25) is 0 Å². The average molecular weight is 233 g/mol. The van der Waals surface area contributed by atoms with Gasteiger partial charge in [-0.3, -0.25) is 0 Å². The third kappa shape index (κ3) is 3.55. The van der Waals surface area contributed by atoms with Gasteiger partial charge in [0.05, 0.1) is 12.6 Å². The maximum absolute atomic E-state index is 9.47. The molecule has 0 amide bonds. The Morgan fingerprint density at radius 2 is 2.00 bits per heavy atom. The van der Waals surface area contributed by atoms with E-state index in [1.165, 1.54) is 31.2 Å². The number of aliphatic hydroxyl groups is 1. The zero-order valence-electron chi connectivity index (χ0n) is 10.6. The summed E-state index contributed by atoms with van der Waals surface area (Å²) in [7, 11) is 0. The molecule has 2 rings (SSSR count). The number of aliphatic hydroxyl groups excluding tert-OH is 1. The molecular weight excluding hydrogens is 210 g/mol. The molecule has 2 nitrogen and oxygen atoms in total. The smallest absolute Gasteiger partial charge is 0.0626 e. The lowest BCUT2D eigenvalue weighted by Crippen LogP contribution is -2.35. The van der Waals surface area contributed by atoms with Gasteiger partial charge in [0, 0.05) is 6.04 Å². The maximum atomic E-state index is 9.47. The minimum Gasteiger partial charge on any atom is -0.394 e. The van der Waals surface area contributed by atoms with Gasteiger partial charge in [0.1, 0.15) is 0 Å². The highest BCUT2D eigenvalue weighted by Gasteiger charge is 2.21. The van der Waals surface area contributed by atoms with Gasteiger partial charge >= 0.3 is 0 Å². The first-order valence-electron chi connectivity index (χ1n) is 6.71. The molecule has 2 heteroatoms. The quantitative estimate of drug-likeness (QED) is 0.792. The lowest BCUT2D eigenvalue weighted by molar-refractivity contribution is 0.212. The van der Waals surface area contributed by atoms with E-state index in [1.54, 1.807) is 0 Å². The summed E-state index contributed by atoms with van der Waals surface area (Å²) in [5, 5.41) is 13.0. The number of nitrogens with one attached hydrogen (secondary N) is 1. The molecule has 0 bridgehead atoms. The zero-order valence-corrected chi connectivity index (χ0v) is 10.6. The Morgan fingerprint density at radius 1 is 1.29 bits per heavy atom. The summed E-state index contributed by atoms with van der Waals surface area (Å²) >= 11 is 0. The average Bonchev–Trinajstić information content (AvgIpc) is 2.32. The van der Waals surface area contributed by atoms with E-state index in [2.05, 4.69) is 24.4 Å². The molecule has 0 heterocycles. The van der Waals surface area contributed by atoms with Crippen molar-refractivity contribution in [3.63, 3.8) is 0 Å². The number of benzene rings is 1. The lowest BCUT2D eigenvalue weighted by Gasteiger charge is -2.30. The lowest BCUT2D eigenvalue weighted by atomic mass is 9.81. The van der Waals surface area contributed by atoms with E-state index in [0.717, 1.165) is 5.92 Å². The van der Waals surface area contributed by atoms with Crippen molar-refractivity contribution >= 4 is 0 Å². The molecule has 0 radical (unpaired) electrons. The van der Waals surface area contributed by atoms with Crippen molar-refractivity contribution in [1.82, 2.24) is 5.32 Å². The van der Waals surface area contributed by atoms with Crippen LogP contribution in [-0.2, 0) is 0 Å². The minimum atomic E-state index is 0.0753. The predicted molar refractivity (Wildman–Crippen MR) is 70.8 cm³/mol. The van der Waals surface area contributed by atoms with Crippen LogP contribution in [0.3, 0.4) is 0 Å². The van der Waals surface area contributed by atoms with Gasteiger partial charge in [0.15, 0.2) is 0 Å². The van der Waals surface area contributed by atoms with Crippen LogP contribution in [-0.4, -0.2) is 17.8 Å². The summed E-state index contributed by atoms with van der Waals surface area (Å²) in [5.41, 5.74) is 1.18. The van der Waals surface area contributed by atoms with Crippen LogP contribution < -0.4 is 5.32 Å². The molecule has 1 saturated carbocycles. The van der Waals surface area contributed by atoms with Crippen molar-refractivity contribution in [2.24, 2.45) is 5.92 Å². The molecule has 1 aromatic carbocycles. The number of hydrogen-bond acceptors (Lipinski definition) is 2. The van der Waals surface area contributed by atoms with Crippen LogP contribution in [0.15, 0.2) is 30.3 Å². The van der Waals surface area contributed by atoms with Crippen molar-refractivity contribution in [2.75, 3.05) is 6.61 Å². The second-order valence-electron chi connectivity index (χ2n) is 5.25. The molecule has 0 spiro atoms. The molecule has 0 aromatic heterocycles. The van der Waals surface area contributed by atoms with E-state index in [9.17, 15) is 5.11 Å². The fourth-order valence-corrected chi connectivity index (χ4v) is 2.58. The Hall–Kier alpha value is -0.860. The highest BCUT2D eigenvalue weighted by atomic mass is 16.3. The Bertz CT molecular complexity index is 321. The van der Waals surface area contributed by atoms with Gasteiger partial charge in [-0.15, -0.1) is 0 Å². The summed E-state index contributed by atoms with van der Waals surface area (Å²) in [4.78, 5) is 0. The minimum absolute atomic E-state index is 0.0753. The van der Waals surface area contributed by atoms with Gasteiger partial charge in [-0.2, -0.15) is 0 Å². The molecule has 2 atom stereocenters. The molecule has 17 heavy (non-hydrogen) atoms. The summed E-state index contributed by atoms with van der Waals surface area (Å²) in [6, 6.07) is 10.8. The molecule has 1 aromatic rings. The number of hydrogen-bond donors (Lipinski definition) is 2. The van der Waals surface area contributed by atoms with Crippen LogP contribution in [0.4, 0.5) is 0 Å². The predicted octanol–water partition coefficient (Wildman–Crippen LogP) is 2.89.